The molecule has 0 aromatic heterocycles. The van der Waals surface area contributed by atoms with E-state index in [1.807, 2.05) is 24.3 Å². The van der Waals surface area contributed by atoms with Gasteiger partial charge in [-0.05, 0) is 30.5 Å². The van der Waals surface area contributed by atoms with Gasteiger partial charge in [0.15, 0.2) is 0 Å². The van der Waals surface area contributed by atoms with E-state index in [-0.39, 0.29) is 19.2 Å². The minimum Gasteiger partial charge on any atom is -0.395 e. The fraction of sp³-hybridized carbons (Fsp3) is 0.500. The van der Waals surface area contributed by atoms with Gasteiger partial charge in [-0.1, -0.05) is 31.1 Å². The Labute approximate surface area is 137 Å². The Kier molecular flexibility index (Phi) is 7.10. The summed E-state index contributed by atoms with van der Waals surface area (Å²) in [6, 6.07) is 7.43. The molecule has 1 aliphatic rings. The molecule has 0 spiro atoms. The van der Waals surface area contributed by atoms with Gasteiger partial charge in [-0.2, -0.15) is 0 Å². The molecule has 23 heavy (non-hydrogen) atoms. The van der Waals surface area contributed by atoms with Crippen LogP contribution >= 0.6 is 0 Å². The average molecular weight is 318 g/mol. The fourth-order valence-electron chi connectivity index (χ4n) is 2.71. The second-order valence-corrected chi connectivity index (χ2v) is 5.80. The Bertz CT molecular complexity index is 495. The van der Waals surface area contributed by atoms with Crippen LogP contribution in [0, 0.1) is 0 Å². The predicted octanol–water partition coefficient (Wildman–Crippen LogP) is 3.16. The number of urea groups is 1. The van der Waals surface area contributed by atoms with E-state index in [2.05, 4.69) is 11.9 Å². The first-order chi connectivity index (χ1) is 11.2. The van der Waals surface area contributed by atoms with Gasteiger partial charge in [-0.15, -0.1) is 6.58 Å². The van der Waals surface area contributed by atoms with Crippen molar-refractivity contribution < 1.29 is 14.6 Å². The highest BCUT2D eigenvalue weighted by Crippen LogP contribution is 2.22. The van der Waals surface area contributed by atoms with Crippen LogP contribution < -0.4 is 5.32 Å². The van der Waals surface area contributed by atoms with Crippen LogP contribution in [0.2, 0.25) is 0 Å². The van der Waals surface area contributed by atoms with E-state index in [1.165, 1.54) is 17.7 Å². The van der Waals surface area contributed by atoms with Crippen molar-refractivity contribution in [1.29, 1.82) is 0 Å². The van der Waals surface area contributed by atoms with Crippen LogP contribution in [0.1, 0.15) is 31.2 Å². The summed E-state index contributed by atoms with van der Waals surface area (Å²) < 4.78 is 5.88. The van der Waals surface area contributed by atoms with E-state index in [4.69, 9.17) is 9.84 Å². The molecule has 1 aromatic rings. The fourth-order valence-corrected chi connectivity index (χ4v) is 2.71. The van der Waals surface area contributed by atoms with Gasteiger partial charge in [0.25, 0.3) is 0 Å². The first-order valence-electron chi connectivity index (χ1n) is 8.21. The maximum atomic E-state index is 12.1. The number of hydrogen-bond donors (Lipinski definition) is 2. The van der Waals surface area contributed by atoms with Gasteiger partial charge >= 0.3 is 6.03 Å². The number of hydrogen-bond acceptors (Lipinski definition) is 3. The van der Waals surface area contributed by atoms with E-state index < -0.39 is 0 Å². The molecule has 0 radical (unpaired) electrons. The number of amides is 2. The summed E-state index contributed by atoms with van der Waals surface area (Å²) in [5.74, 6) is 0. The second-order valence-electron chi connectivity index (χ2n) is 5.80. The molecule has 0 atom stereocenters. The minimum atomic E-state index is -0.242. The van der Waals surface area contributed by atoms with Crippen LogP contribution in [-0.4, -0.2) is 41.8 Å². The standard InChI is InChI=1S/C18H26N2O3/c1-2-11-20(12-13-21)18(22)19-16-9-7-15(8-10-16)14-23-17-5-3-4-6-17/h2,7-10,17,21H,1,3-6,11-14H2,(H,19,22). The van der Waals surface area contributed by atoms with Gasteiger partial charge in [0.2, 0.25) is 0 Å². The molecule has 0 bridgehead atoms. The van der Waals surface area contributed by atoms with Crippen molar-refractivity contribution in [3.8, 4) is 0 Å². The zero-order valence-electron chi connectivity index (χ0n) is 13.5. The summed E-state index contributed by atoms with van der Waals surface area (Å²) >= 11 is 0. The zero-order chi connectivity index (χ0) is 16.5. The molecule has 0 unspecified atom stereocenters. The van der Waals surface area contributed by atoms with Gasteiger partial charge < -0.3 is 20.1 Å². The normalized spacial score (nSPS) is 14.7. The molecule has 2 amide bonds. The van der Waals surface area contributed by atoms with E-state index in [0.717, 1.165) is 24.1 Å². The van der Waals surface area contributed by atoms with Crippen LogP contribution in [0.15, 0.2) is 36.9 Å². The summed E-state index contributed by atoms with van der Waals surface area (Å²) in [5.41, 5.74) is 1.83. The summed E-state index contributed by atoms with van der Waals surface area (Å²) in [6.45, 7) is 4.85. The predicted molar refractivity (Wildman–Crippen MR) is 91.4 cm³/mol. The summed E-state index contributed by atoms with van der Waals surface area (Å²) in [4.78, 5) is 13.6. The molecule has 1 saturated carbocycles. The molecule has 0 saturated heterocycles. The van der Waals surface area contributed by atoms with Crippen LogP contribution in [0.4, 0.5) is 10.5 Å². The Morgan fingerprint density at radius 2 is 2.04 bits per heavy atom. The van der Waals surface area contributed by atoms with Crippen LogP contribution in [0.5, 0.6) is 0 Å². The van der Waals surface area contributed by atoms with E-state index in [1.54, 1.807) is 6.08 Å². The molecule has 1 fully saturated rings. The molecule has 2 N–H and O–H groups in total. The number of rotatable bonds is 8. The first-order valence-corrected chi connectivity index (χ1v) is 8.21. The molecule has 0 heterocycles. The SMILES string of the molecule is C=CCN(CCO)C(=O)Nc1ccc(COC2CCCC2)cc1. The van der Waals surface area contributed by atoms with Crippen LogP contribution in [-0.2, 0) is 11.3 Å². The Hall–Kier alpha value is -1.85. The number of nitrogens with zero attached hydrogens (tertiary/aromatic N) is 1. The summed E-state index contributed by atoms with van der Waals surface area (Å²) in [5, 5.41) is 11.8. The van der Waals surface area contributed by atoms with Crippen molar-refractivity contribution in [2.45, 2.75) is 38.4 Å². The van der Waals surface area contributed by atoms with Crippen molar-refractivity contribution in [3.05, 3.63) is 42.5 Å². The van der Waals surface area contributed by atoms with Crippen molar-refractivity contribution in [3.63, 3.8) is 0 Å². The second kappa shape index (κ2) is 9.33. The zero-order valence-corrected chi connectivity index (χ0v) is 13.5. The smallest absolute Gasteiger partial charge is 0.322 e. The van der Waals surface area contributed by atoms with Gasteiger partial charge in [-0.25, -0.2) is 4.79 Å². The molecular weight excluding hydrogens is 292 g/mol. The molecule has 0 aliphatic heterocycles. The first kappa shape index (κ1) is 17.5. The lowest BCUT2D eigenvalue weighted by Crippen LogP contribution is -2.37. The van der Waals surface area contributed by atoms with Crippen molar-refractivity contribution in [1.82, 2.24) is 4.90 Å². The highest BCUT2D eigenvalue weighted by Gasteiger charge is 2.15. The van der Waals surface area contributed by atoms with Crippen molar-refractivity contribution >= 4 is 11.7 Å². The maximum absolute atomic E-state index is 12.1. The lowest BCUT2D eigenvalue weighted by Gasteiger charge is -2.20. The van der Waals surface area contributed by atoms with Crippen molar-refractivity contribution in [2.24, 2.45) is 0 Å². The van der Waals surface area contributed by atoms with E-state index in [9.17, 15) is 4.79 Å². The van der Waals surface area contributed by atoms with Gasteiger partial charge in [-0.3, -0.25) is 0 Å². The lowest BCUT2D eigenvalue weighted by atomic mass is 10.2. The Morgan fingerprint density at radius 3 is 2.65 bits per heavy atom. The molecule has 2 rings (SSSR count). The number of ether oxygens (including phenoxy) is 1. The highest BCUT2D eigenvalue weighted by atomic mass is 16.5. The third-order valence-corrected chi connectivity index (χ3v) is 4.00. The van der Waals surface area contributed by atoms with Gasteiger partial charge in [0.1, 0.15) is 0 Å². The molecule has 1 aliphatic carbocycles. The van der Waals surface area contributed by atoms with Crippen molar-refractivity contribution in [2.75, 3.05) is 25.0 Å². The molecule has 5 nitrogen and oxygen atoms in total. The Morgan fingerprint density at radius 1 is 1.35 bits per heavy atom. The molecule has 126 valence electrons. The minimum absolute atomic E-state index is 0.0707. The van der Waals surface area contributed by atoms with E-state index >= 15 is 0 Å². The average Bonchev–Trinajstić information content (AvgIpc) is 3.07. The highest BCUT2D eigenvalue weighted by molar-refractivity contribution is 5.89. The van der Waals surface area contributed by atoms with E-state index in [0.29, 0.717) is 19.3 Å². The van der Waals surface area contributed by atoms with Crippen LogP contribution in [0.25, 0.3) is 0 Å². The summed E-state index contributed by atoms with van der Waals surface area (Å²) in [7, 11) is 0. The largest absolute Gasteiger partial charge is 0.395 e. The van der Waals surface area contributed by atoms with Gasteiger partial charge in [0, 0.05) is 18.8 Å². The number of nitrogens with one attached hydrogen (secondary N) is 1. The number of aliphatic hydroxyl groups is 1. The number of benzene rings is 1. The third-order valence-electron chi connectivity index (χ3n) is 4.00. The monoisotopic (exact) mass is 318 g/mol. The number of anilines is 1. The molecule has 1 aromatic carbocycles. The number of carbonyl (C=O) groups is 1. The molecule has 5 heteroatoms. The molecular formula is C18H26N2O3. The lowest BCUT2D eigenvalue weighted by molar-refractivity contribution is 0.0457. The number of carbonyl (C=O) groups excluding carboxylic acids is 1. The quantitative estimate of drug-likeness (QED) is 0.724. The Balaban J connectivity index is 1.83. The number of aliphatic hydroxyl groups excluding tert-OH is 1. The van der Waals surface area contributed by atoms with Gasteiger partial charge in [0.05, 0.1) is 19.3 Å². The maximum Gasteiger partial charge on any atom is 0.322 e. The van der Waals surface area contributed by atoms with Crippen LogP contribution in [0.3, 0.4) is 0 Å². The summed E-state index contributed by atoms with van der Waals surface area (Å²) in [6.07, 6.45) is 6.91. The third kappa shape index (κ3) is 5.69. The topological polar surface area (TPSA) is 61.8 Å².